The zero-order valence-corrected chi connectivity index (χ0v) is 14.3. The molecule has 1 amide bonds. The van der Waals surface area contributed by atoms with Gasteiger partial charge in [-0.3, -0.25) is 9.93 Å². The number of carbonyl (C=O) groups is 1. The van der Waals surface area contributed by atoms with Crippen LogP contribution in [0.4, 0.5) is 0 Å². The second kappa shape index (κ2) is 9.11. The fourth-order valence-electron chi connectivity index (χ4n) is 2.05. The fraction of sp³-hybridized carbons (Fsp3) is 0.917. The maximum Gasteiger partial charge on any atom is 0.220 e. The summed E-state index contributed by atoms with van der Waals surface area (Å²) in [6, 6.07) is 0. The fourth-order valence-corrected chi connectivity index (χ4v) is 2.95. The van der Waals surface area contributed by atoms with E-state index in [-0.39, 0.29) is 12.5 Å². The van der Waals surface area contributed by atoms with Gasteiger partial charge in [-0.05, 0) is 11.0 Å². The molecule has 0 bridgehead atoms. The number of rotatable bonds is 10. The molecule has 20 heavy (non-hydrogen) atoms. The van der Waals surface area contributed by atoms with Crippen LogP contribution < -0.4 is 16.4 Å². The molecule has 0 aromatic rings. The molecule has 6 nitrogen and oxygen atoms in total. The van der Waals surface area contributed by atoms with Crippen LogP contribution in [0.5, 0.6) is 0 Å². The summed E-state index contributed by atoms with van der Waals surface area (Å²) in [4.78, 5) is 16.3. The molecule has 0 aliphatic rings. The topological polar surface area (TPSA) is 111 Å². The first-order valence-corrected chi connectivity index (χ1v) is 8.80. The van der Waals surface area contributed by atoms with Gasteiger partial charge in [-0.1, -0.05) is 38.5 Å². The number of nitrogens with one attached hydrogen (secondary N) is 1. The average molecular weight is 326 g/mol. The molecule has 0 aliphatic heterocycles. The first-order chi connectivity index (χ1) is 9.17. The van der Waals surface area contributed by atoms with Crippen molar-refractivity contribution in [1.82, 2.24) is 5.32 Å². The number of aliphatic hydroxyl groups excluding tert-OH is 1. The van der Waals surface area contributed by atoms with Crippen LogP contribution in [0, 0.1) is 10.8 Å². The highest BCUT2D eigenvalue weighted by atomic mass is 33.1. The minimum atomic E-state index is -0.659. The second-order valence-electron chi connectivity index (χ2n) is 6.14. The molecular formula is C12H27N3O3S2. The Kier molecular flexibility index (Phi) is 9.12. The summed E-state index contributed by atoms with van der Waals surface area (Å²) in [5.74, 6) is 5.72. The van der Waals surface area contributed by atoms with Crippen molar-refractivity contribution in [2.75, 3.05) is 18.9 Å². The molecule has 120 valence electrons. The normalized spacial score (nSPS) is 14.2. The van der Waals surface area contributed by atoms with Gasteiger partial charge in [0.25, 0.3) is 0 Å². The van der Waals surface area contributed by atoms with Crippen LogP contribution in [0.1, 0.15) is 34.1 Å². The lowest BCUT2D eigenvalue weighted by atomic mass is 9.72. The Labute approximate surface area is 129 Å². The van der Waals surface area contributed by atoms with Crippen LogP contribution in [0.2, 0.25) is 0 Å². The Bertz CT molecular complexity index is 302. The Hall–Kier alpha value is 0.01000. The third-order valence-corrected chi connectivity index (χ3v) is 4.57. The number of aliphatic hydroxyl groups is 1. The molecule has 0 saturated carbocycles. The van der Waals surface area contributed by atoms with E-state index in [0.717, 1.165) is 11.0 Å². The summed E-state index contributed by atoms with van der Waals surface area (Å²) in [5.41, 5.74) is -0.970. The zero-order valence-electron chi connectivity index (χ0n) is 12.6. The van der Waals surface area contributed by atoms with Crippen LogP contribution in [0.15, 0.2) is 0 Å². The average Bonchev–Trinajstić information content (AvgIpc) is 2.36. The number of hydrogen-bond acceptors (Lipinski definition) is 7. The molecule has 6 N–H and O–H groups in total. The molecular weight excluding hydrogens is 298 g/mol. The molecule has 0 aliphatic carbocycles. The van der Waals surface area contributed by atoms with E-state index >= 15 is 0 Å². The first kappa shape index (κ1) is 20.0. The molecule has 1 atom stereocenters. The summed E-state index contributed by atoms with van der Waals surface area (Å²) in [7, 11) is 2.59. The van der Waals surface area contributed by atoms with Crippen LogP contribution in [-0.4, -0.2) is 36.0 Å². The van der Waals surface area contributed by atoms with Gasteiger partial charge in [-0.25, -0.2) is 5.90 Å². The van der Waals surface area contributed by atoms with E-state index < -0.39 is 16.9 Å². The molecule has 0 spiro atoms. The van der Waals surface area contributed by atoms with Crippen molar-refractivity contribution in [1.29, 1.82) is 0 Å². The predicted octanol–water partition coefficient (Wildman–Crippen LogP) is 1.05. The van der Waals surface area contributed by atoms with Gasteiger partial charge in [-0.2, -0.15) is 0 Å². The van der Waals surface area contributed by atoms with Gasteiger partial charge >= 0.3 is 0 Å². The third-order valence-electron chi connectivity index (χ3n) is 3.16. The van der Waals surface area contributed by atoms with Crippen molar-refractivity contribution in [3.05, 3.63) is 0 Å². The highest BCUT2D eigenvalue weighted by molar-refractivity contribution is 8.75. The molecule has 0 fully saturated rings. The van der Waals surface area contributed by atoms with Gasteiger partial charge in [-0.15, -0.1) is 0 Å². The van der Waals surface area contributed by atoms with Crippen molar-refractivity contribution < 1.29 is 14.7 Å². The predicted molar refractivity (Wildman–Crippen MR) is 85.6 cm³/mol. The van der Waals surface area contributed by atoms with Crippen LogP contribution in [0.25, 0.3) is 0 Å². The van der Waals surface area contributed by atoms with E-state index in [2.05, 4.69) is 10.2 Å². The minimum absolute atomic E-state index is 0.0419. The van der Waals surface area contributed by atoms with Crippen LogP contribution >= 0.6 is 21.8 Å². The van der Waals surface area contributed by atoms with Gasteiger partial charge in [0.2, 0.25) is 5.91 Å². The van der Waals surface area contributed by atoms with E-state index in [0.29, 0.717) is 18.7 Å². The number of hydrogen-bond donors (Lipinski definition) is 4. The Morgan fingerprint density at radius 2 is 1.95 bits per heavy atom. The minimum Gasteiger partial charge on any atom is -0.392 e. The van der Waals surface area contributed by atoms with E-state index in [9.17, 15) is 9.90 Å². The summed E-state index contributed by atoms with van der Waals surface area (Å²) < 4.78 is 0. The van der Waals surface area contributed by atoms with Crippen molar-refractivity contribution in [3.8, 4) is 0 Å². The van der Waals surface area contributed by atoms with Crippen molar-refractivity contribution >= 4 is 27.7 Å². The molecule has 8 heteroatoms. The molecule has 0 saturated heterocycles. The number of carbonyl (C=O) groups excluding carboxylic acids is 1. The van der Waals surface area contributed by atoms with Crippen LogP contribution in [0.3, 0.4) is 0 Å². The molecule has 0 aromatic heterocycles. The van der Waals surface area contributed by atoms with E-state index in [1.807, 2.05) is 27.7 Å². The lowest BCUT2D eigenvalue weighted by Crippen LogP contribution is -2.49. The second-order valence-corrected chi connectivity index (χ2v) is 8.26. The van der Waals surface area contributed by atoms with E-state index in [1.54, 1.807) is 0 Å². The SMILES string of the molecule is CC(C)(CNC(=O)CCSSN)C(O)C(C)(C)CON. The maximum absolute atomic E-state index is 11.7. The van der Waals surface area contributed by atoms with Gasteiger partial charge < -0.3 is 15.3 Å². The number of nitrogens with two attached hydrogens (primary N) is 2. The van der Waals surface area contributed by atoms with Crippen molar-refractivity contribution in [3.63, 3.8) is 0 Å². The maximum atomic E-state index is 11.7. The smallest absolute Gasteiger partial charge is 0.220 e. The monoisotopic (exact) mass is 325 g/mol. The van der Waals surface area contributed by atoms with E-state index in [1.165, 1.54) is 10.8 Å². The summed E-state index contributed by atoms with van der Waals surface area (Å²) >= 11 is 0. The van der Waals surface area contributed by atoms with Gasteiger partial charge in [0.05, 0.1) is 12.7 Å². The quantitative estimate of drug-likeness (QED) is 0.206. The van der Waals surface area contributed by atoms with Gasteiger partial charge in [0.15, 0.2) is 0 Å². The lowest BCUT2D eigenvalue weighted by Gasteiger charge is -2.40. The number of amides is 1. The molecule has 0 rings (SSSR count). The third kappa shape index (κ3) is 7.14. The summed E-state index contributed by atoms with van der Waals surface area (Å²) in [6.45, 7) is 8.20. The Balaban J connectivity index is 4.33. The first-order valence-electron chi connectivity index (χ1n) is 6.42. The molecule has 1 unspecified atom stereocenters. The van der Waals surface area contributed by atoms with E-state index in [4.69, 9.17) is 11.0 Å². The van der Waals surface area contributed by atoms with Crippen molar-refractivity contribution in [2.45, 2.75) is 40.2 Å². The van der Waals surface area contributed by atoms with Crippen LogP contribution in [-0.2, 0) is 9.63 Å². The Morgan fingerprint density at radius 3 is 2.45 bits per heavy atom. The van der Waals surface area contributed by atoms with Gasteiger partial charge in [0.1, 0.15) is 0 Å². The van der Waals surface area contributed by atoms with Crippen molar-refractivity contribution in [2.24, 2.45) is 21.9 Å². The molecule has 0 aromatic carbocycles. The van der Waals surface area contributed by atoms with Gasteiger partial charge in [0, 0.05) is 29.5 Å². The lowest BCUT2D eigenvalue weighted by molar-refractivity contribution is -0.122. The standard InChI is InChI=1S/C12H27N3O3S2/c1-11(2,10(17)12(3,4)8-18-13)7-15-9(16)5-6-19-20-14/h10,17H,5-8,13-14H2,1-4H3,(H,15,16). The summed E-state index contributed by atoms with van der Waals surface area (Å²) in [5, 5.41) is 18.6. The zero-order chi connectivity index (χ0) is 15.8. The highest BCUT2D eigenvalue weighted by Gasteiger charge is 2.39. The summed E-state index contributed by atoms with van der Waals surface area (Å²) in [6.07, 6.45) is -0.246. The highest BCUT2D eigenvalue weighted by Crippen LogP contribution is 2.33. The largest absolute Gasteiger partial charge is 0.392 e. The molecule has 0 heterocycles. The molecule has 0 radical (unpaired) electrons. The Morgan fingerprint density at radius 1 is 1.35 bits per heavy atom.